The second kappa shape index (κ2) is 8.05. The first-order valence-corrected chi connectivity index (χ1v) is 8.23. The molecule has 1 rings (SSSR count). The zero-order chi connectivity index (χ0) is 15.0. The Hall–Kier alpha value is -1.35. The molecular formula is C15H21NO3S. The molecule has 5 heteroatoms. The van der Waals surface area contributed by atoms with E-state index in [9.17, 15) is 8.42 Å². The van der Waals surface area contributed by atoms with E-state index in [4.69, 9.17) is 5.11 Å². The van der Waals surface area contributed by atoms with Crippen molar-refractivity contribution in [2.24, 2.45) is 0 Å². The number of hydrogen-bond donors (Lipinski definition) is 1. The average Bonchev–Trinajstić information content (AvgIpc) is 2.39. The molecule has 0 saturated heterocycles. The van der Waals surface area contributed by atoms with Crippen LogP contribution < -0.4 is 0 Å². The van der Waals surface area contributed by atoms with Crippen LogP contribution in [0.1, 0.15) is 30.9 Å². The van der Waals surface area contributed by atoms with Gasteiger partial charge in [0.05, 0.1) is 12.4 Å². The Kier molecular flexibility index (Phi) is 6.73. The molecule has 4 nitrogen and oxygen atoms in total. The molecule has 0 radical (unpaired) electrons. The van der Waals surface area contributed by atoms with Crippen LogP contribution in [0.4, 0.5) is 0 Å². The van der Waals surface area contributed by atoms with Crippen molar-refractivity contribution in [2.75, 3.05) is 19.4 Å². The summed E-state index contributed by atoms with van der Waals surface area (Å²) in [6, 6.07) is 7.49. The predicted octanol–water partition coefficient (Wildman–Crippen LogP) is 1.59. The van der Waals surface area contributed by atoms with Crippen molar-refractivity contribution in [1.82, 2.24) is 4.31 Å². The highest BCUT2D eigenvalue weighted by Gasteiger charge is 2.16. The van der Waals surface area contributed by atoms with Gasteiger partial charge in [-0.15, -0.1) is 0 Å². The number of nitrogens with zero attached hydrogens (tertiary/aromatic N) is 1. The van der Waals surface area contributed by atoms with Crippen LogP contribution in [-0.4, -0.2) is 37.2 Å². The fourth-order valence-corrected chi connectivity index (χ4v) is 2.91. The number of aliphatic hydroxyl groups excluding tert-OH is 1. The van der Waals surface area contributed by atoms with Gasteiger partial charge in [0.25, 0.3) is 0 Å². The van der Waals surface area contributed by atoms with Crippen molar-refractivity contribution in [2.45, 2.75) is 26.3 Å². The zero-order valence-corrected chi connectivity index (χ0v) is 12.8. The SMILES string of the molecule is CCCS(=O)(=O)N(C)Cc1cccc(C#CCCO)c1. The molecule has 0 unspecified atom stereocenters. The third-order valence-corrected chi connectivity index (χ3v) is 4.74. The maximum Gasteiger partial charge on any atom is 0.214 e. The first-order chi connectivity index (χ1) is 9.49. The number of aliphatic hydroxyl groups is 1. The monoisotopic (exact) mass is 295 g/mol. The van der Waals surface area contributed by atoms with E-state index in [-0.39, 0.29) is 12.4 Å². The van der Waals surface area contributed by atoms with Crippen LogP contribution >= 0.6 is 0 Å². The second-order valence-electron chi connectivity index (χ2n) is 4.55. The van der Waals surface area contributed by atoms with E-state index in [2.05, 4.69) is 11.8 Å². The van der Waals surface area contributed by atoms with Gasteiger partial charge < -0.3 is 5.11 Å². The molecule has 0 atom stereocenters. The number of sulfonamides is 1. The quantitative estimate of drug-likeness (QED) is 0.811. The Morgan fingerprint density at radius 1 is 1.35 bits per heavy atom. The number of hydrogen-bond acceptors (Lipinski definition) is 3. The molecule has 0 bridgehead atoms. The molecular weight excluding hydrogens is 274 g/mol. The molecule has 1 N–H and O–H groups in total. The molecule has 0 fully saturated rings. The summed E-state index contributed by atoms with van der Waals surface area (Å²) in [5.41, 5.74) is 1.74. The van der Waals surface area contributed by atoms with E-state index >= 15 is 0 Å². The molecule has 0 amide bonds. The molecule has 1 aromatic carbocycles. The minimum atomic E-state index is -3.18. The van der Waals surface area contributed by atoms with Gasteiger partial charge in [-0.05, 0) is 24.1 Å². The lowest BCUT2D eigenvalue weighted by Crippen LogP contribution is -2.28. The van der Waals surface area contributed by atoms with Crippen LogP contribution in [0.25, 0.3) is 0 Å². The van der Waals surface area contributed by atoms with Gasteiger partial charge in [-0.3, -0.25) is 0 Å². The summed E-state index contributed by atoms with van der Waals surface area (Å²) in [5.74, 6) is 5.96. The van der Waals surface area contributed by atoms with E-state index in [1.165, 1.54) is 4.31 Å². The molecule has 0 saturated carbocycles. The fraction of sp³-hybridized carbons (Fsp3) is 0.467. The molecule has 0 spiro atoms. The Labute approximate surface area is 121 Å². The van der Waals surface area contributed by atoms with Crippen molar-refractivity contribution in [3.05, 3.63) is 35.4 Å². The van der Waals surface area contributed by atoms with Crippen molar-refractivity contribution in [1.29, 1.82) is 0 Å². The minimum absolute atomic E-state index is 0.0463. The van der Waals surface area contributed by atoms with Gasteiger partial charge >= 0.3 is 0 Å². The van der Waals surface area contributed by atoms with Gasteiger partial charge in [0.2, 0.25) is 10.0 Å². The Balaban J connectivity index is 2.79. The van der Waals surface area contributed by atoms with Crippen LogP contribution in [-0.2, 0) is 16.6 Å². The normalized spacial score (nSPS) is 11.2. The third kappa shape index (κ3) is 5.33. The van der Waals surface area contributed by atoms with Crippen molar-refractivity contribution in [3.8, 4) is 11.8 Å². The highest BCUT2D eigenvalue weighted by Crippen LogP contribution is 2.10. The number of rotatable bonds is 6. The van der Waals surface area contributed by atoms with E-state index in [0.717, 1.165) is 11.1 Å². The maximum atomic E-state index is 11.9. The van der Waals surface area contributed by atoms with Gasteiger partial charge in [0.15, 0.2) is 0 Å². The lowest BCUT2D eigenvalue weighted by atomic mass is 10.1. The predicted molar refractivity (Wildman–Crippen MR) is 80.6 cm³/mol. The molecule has 0 aliphatic heterocycles. The standard InChI is InChI=1S/C15H21NO3S/c1-3-11-20(18,19)16(2)13-15-9-6-8-14(12-15)7-4-5-10-17/h6,8-9,12,17H,3,5,10-11,13H2,1-2H3. The molecule has 0 aliphatic carbocycles. The summed E-state index contributed by atoms with van der Waals surface area (Å²) in [5, 5.41) is 8.68. The smallest absolute Gasteiger partial charge is 0.214 e. The van der Waals surface area contributed by atoms with Gasteiger partial charge in [-0.25, -0.2) is 12.7 Å². The first kappa shape index (κ1) is 16.7. The summed E-state index contributed by atoms with van der Waals surface area (Å²) < 4.78 is 25.2. The second-order valence-corrected chi connectivity index (χ2v) is 6.74. The van der Waals surface area contributed by atoms with E-state index < -0.39 is 10.0 Å². The summed E-state index contributed by atoms with van der Waals surface area (Å²) in [6.07, 6.45) is 1.05. The fourth-order valence-electron chi connectivity index (χ4n) is 1.74. The van der Waals surface area contributed by atoms with E-state index in [1.807, 2.05) is 31.2 Å². The number of benzene rings is 1. The minimum Gasteiger partial charge on any atom is -0.395 e. The summed E-state index contributed by atoms with van der Waals surface area (Å²) in [7, 11) is -1.59. The highest BCUT2D eigenvalue weighted by molar-refractivity contribution is 7.89. The summed E-state index contributed by atoms with van der Waals surface area (Å²) in [4.78, 5) is 0. The first-order valence-electron chi connectivity index (χ1n) is 6.62. The van der Waals surface area contributed by atoms with E-state index in [1.54, 1.807) is 7.05 Å². The molecule has 1 aromatic rings. The van der Waals surface area contributed by atoms with E-state index in [0.29, 0.717) is 19.4 Å². The van der Waals surface area contributed by atoms with Crippen LogP contribution in [0.15, 0.2) is 24.3 Å². The summed E-state index contributed by atoms with van der Waals surface area (Å²) >= 11 is 0. The summed E-state index contributed by atoms with van der Waals surface area (Å²) in [6.45, 7) is 2.24. The highest BCUT2D eigenvalue weighted by atomic mass is 32.2. The van der Waals surface area contributed by atoms with Gasteiger partial charge in [-0.1, -0.05) is 30.9 Å². The largest absolute Gasteiger partial charge is 0.395 e. The topological polar surface area (TPSA) is 57.6 Å². The van der Waals surface area contributed by atoms with Crippen molar-refractivity contribution >= 4 is 10.0 Å². The molecule has 0 aliphatic rings. The van der Waals surface area contributed by atoms with Crippen LogP contribution in [0, 0.1) is 11.8 Å². The zero-order valence-electron chi connectivity index (χ0n) is 12.0. The average molecular weight is 295 g/mol. The Morgan fingerprint density at radius 2 is 2.10 bits per heavy atom. The van der Waals surface area contributed by atoms with Gasteiger partial charge in [0.1, 0.15) is 0 Å². The molecule has 110 valence electrons. The van der Waals surface area contributed by atoms with Crippen molar-refractivity contribution < 1.29 is 13.5 Å². The Morgan fingerprint density at radius 3 is 2.75 bits per heavy atom. The third-order valence-electron chi connectivity index (χ3n) is 2.74. The maximum absolute atomic E-state index is 11.9. The van der Waals surface area contributed by atoms with Gasteiger partial charge in [0, 0.05) is 25.6 Å². The molecule has 20 heavy (non-hydrogen) atoms. The van der Waals surface area contributed by atoms with Crippen LogP contribution in [0.5, 0.6) is 0 Å². The lowest BCUT2D eigenvalue weighted by Gasteiger charge is -2.16. The lowest BCUT2D eigenvalue weighted by molar-refractivity contribution is 0.305. The molecule has 0 aromatic heterocycles. The van der Waals surface area contributed by atoms with Crippen molar-refractivity contribution in [3.63, 3.8) is 0 Å². The van der Waals surface area contributed by atoms with Gasteiger partial charge in [-0.2, -0.15) is 0 Å². The Bertz CT molecular complexity index is 585. The van der Waals surface area contributed by atoms with Crippen LogP contribution in [0.2, 0.25) is 0 Å². The van der Waals surface area contributed by atoms with Crippen LogP contribution in [0.3, 0.4) is 0 Å². The molecule has 0 heterocycles.